The first-order valence-corrected chi connectivity index (χ1v) is 7.57. The van der Waals surface area contributed by atoms with Crippen LogP contribution >= 0.6 is 23.7 Å². The summed E-state index contributed by atoms with van der Waals surface area (Å²) in [5.74, 6) is -1.51. The maximum absolute atomic E-state index is 14.2. The molecule has 1 saturated heterocycles. The molecule has 1 N–H and O–H groups in total. The number of hydrogen-bond donors (Lipinski definition) is 1. The smallest absolute Gasteiger partial charge is 0.163 e. The predicted molar refractivity (Wildman–Crippen MR) is 84.2 cm³/mol. The minimum atomic E-state index is -0.779. The van der Waals surface area contributed by atoms with Gasteiger partial charge in [0, 0.05) is 36.6 Å². The van der Waals surface area contributed by atoms with Gasteiger partial charge in [0.15, 0.2) is 11.6 Å². The zero-order valence-corrected chi connectivity index (χ0v) is 13.0. The van der Waals surface area contributed by atoms with Crippen molar-refractivity contribution in [2.75, 3.05) is 26.2 Å². The number of rotatable bonds is 3. The standard InChI is InChI=1S/C15H16F2N2S.ClH/c16-12-4-1-3-11(14(12)17)15(13-5-2-10-20-13)19-8-6-18-7-9-19;/h1-5,10,15,18H,6-9H2;1H/t15-;/m0./s1. The lowest BCUT2D eigenvalue weighted by Gasteiger charge is -2.34. The second-order valence-electron chi connectivity index (χ2n) is 4.85. The van der Waals surface area contributed by atoms with Crippen LogP contribution in [0.15, 0.2) is 35.7 Å². The molecular weight excluding hydrogens is 314 g/mol. The topological polar surface area (TPSA) is 15.3 Å². The molecule has 114 valence electrons. The summed E-state index contributed by atoms with van der Waals surface area (Å²) >= 11 is 1.58. The summed E-state index contributed by atoms with van der Waals surface area (Å²) in [6.07, 6.45) is 0. The molecule has 0 aliphatic carbocycles. The summed E-state index contributed by atoms with van der Waals surface area (Å²) in [5, 5.41) is 5.26. The molecule has 6 heteroatoms. The van der Waals surface area contributed by atoms with Crippen LogP contribution in [0.4, 0.5) is 8.78 Å². The van der Waals surface area contributed by atoms with Crippen molar-refractivity contribution in [3.05, 3.63) is 57.8 Å². The van der Waals surface area contributed by atoms with Gasteiger partial charge in [-0.05, 0) is 17.5 Å². The Bertz CT molecular complexity index is 571. The highest BCUT2D eigenvalue weighted by Gasteiger charge is 2.27. The summed E-state index contributed by atoms with van der Waals surface area (Å²) in [5.41, 5.74) is 0.425. The van der Waals surface area contributed by atoms with E-state index in [2.05, 4.69) is 10.2 Å². The molecule has 0 bridgehead atoms. The quantitative estimate of drug-likeness (QED) is 0.927. The minimum absolute atomic E-state index is 0. The maximum atomic E-state index is 14.2. The van der Waals surface area contributed by atoms with E-state index in [0.29, 0.717) is 5.56 Å². The summed E-state index contributed by atoms with van der Waals surface area (Å²) in [4.78, 5) is 3.26. The first-order valence-electron chi connectivity index (χ1n) is 6.69. The molecule has 0 amide bonds. The molecule has 0 unspecified atom stereocenters. The maximum Gasteiger partial charge on any atom is 0.163 e. The fourth-order valence-corrected chi connectivity index (χ4v) is 3.53. The van der Waals surface area contributed by atoms with Crippen LogP contribution < -0.4 is 5.32 Å². The molecule has 2 heterocycles. The molecule has 1 aromatic heterocycles. The normalized spacial score (nSPS) is 17.2. The Kier molecular flexibility index (Phi) is 5.70. The molecule has 1 fully saturated rings. The Morgan fingerprint density at radius 1 is 1.10 bits per heavy atom. The predicted octanol–water partition coefficient (Wildman–Crippen LogP) is 3.44. The second-order valence-corrected chi connectivity index (χ2v) is 5.83. The van der Waals surface area contributed by atoms with E-state index in [1.807, 2.05) is 17.5 Å². The first-order chi connectivity index (χ1) is 9.77. The monoisotopic (exact) mass is 330 g/mol. The van der Waals surface area contributed by atoms with Crippen molar-refractivity contribution in [2.24, 2.45) is 0 Å². The van der Waals surface area contributed by atoms with E-state index in [-0.39, 0.29) is 18.4 Å². The summed E-state index contributed by atoms with van der Waals surface area (Å²) in [6.45, 7) is 3.41. The number of thiophene rings is 1. The third-order valence-corrected chi connectivity index (χ3v) is 4.53. The number of benzene rings is 1. The zero-order valence-electron chi connectivity index (χ0n) is 11.4. The highest BCUT2D eigenvalue weighted by atomic mass is 35.5. The molecule has 2 aromatic rings. The first kappa shape index (κ1) is 16.4. The van der Waals surface area contributed by atoms with Crippen molar-refractivity contribution in [2.45, 2.75) is 6.04 Å². The van der Waals surface area contributed by atoms with Crippen molar-refractivity contribution < 1.29 is 8.78 Å². The van der Waals surface area contributed by atoms with Gasteiger partial charge in [-0.3, -0.25) is 4.90 Å². The average Bonchev–Trinajstić information content (AvgIpc) is 2.99. The van der Waals surface area contributed by atoms with Crippen molar-refractivity contribution in [3.8, 4) is 0 Å². The fraction of sp³-hybridized carbons (Fsp3) is 0.333. The van der Waals surface area contributed by atoms with Crippen LogP contribution in [-0.2, 0) is 0 Å². The summed E-state index contributed by atoms with van der Waals surface area (Å²) in [7, 11) is 0. The number of nitrogens with one attached hydrogen (secondary N) is 1. The van der Waals surface area contributed by atoms with Crippen molar-refractivity contribution in [1.29, 1.82) is 0 Å². The van der Waals surface area contributed by atoms with Gasteiger partial charge in [-0.15, -0.1) is 23.7 Å². The van der Waals surface area contributed by atoms with Gasteiger partial charge in [0.1, 0.15) is 0 Å². The van der Waals surface area contributed by atoms with Crippen LogP contribution in [0.3, 0.4) is 0 Å². The Hall–Kier alpha value is -1.01. The SMILES string of the molecule is Cl.Fc1cccc([C@@H](c2cccs2)N2CCNCC2)c1F. The Balaban J connectivity index is 0.00000161. The molecule has 3 rings (SSSR count). The van der Waals surface area contributed by atoms with E-state index in [4.69, 9.17) is 0 Å². The Labute approximate surface area is 133 Å². The van der Waals surface area contributed by atoms with E-state index in [1.165, 1.54) is 6.07 Å². The number of nitrogens with zero attached hydrogens (tertiary/aromatic N) is 1. The number of halogens is 3. The van der Waals surface area contributed by atoms with Crippen molar-refractivity contribution in [3.63, 3.8) is 0 Å². The van der Waals surface area contributed by atoms with E-state index in [9.17, 15) is 8.78 Å². The van der Waals surface area contributed by atoms with E-state index in [1.54, 1.807) is 23.5 Å². The van der Waals surface area contributed by atoms with Crippen LogP contribution in [0.2, 0.25) is 0 Å². The highest BCUT2D eigenvalue weighted by Crippen LogP contribution is 2.33. The zero-order chi connectivity index (χ0) is 13.9. The summed E-state index contributed by atoms with van der Waals surface area (Å²) < 4.78 is 27.7. The van der Waals surface area contributed by atoms with Crippen molar-refractivity contribution >= 4 is 23.7 Å². The number of piperazine rings is 1. The molecule has 1 aliphatic heterocycles. The van der Waals surface area contributed by atoms with Gasteiger partial charge < -0.3 is 5.32 Å². The van der Waals surface area contributed by atoms with E-state index >= 15 is 0 Å². The Morgan fingerprint density at radius 3 is 2.52 bits per heavy atom. The lowest BCUT2D eigenvalue weighted by Crippen LogP contribution is -2.45. The average molecular weight is 331 g/mol. The fourth-order valence-electron chi connectivity index (χ4n) is 2.65. The third kappa shape index (κ3) is 3.43. The highest BCUT2D eigenvalue weighted by molar-refractivity contribution is 7.10. The van der Waals surface area contributed by atoms with Crippen LogP contribution in [0, 0.1) is 11.6 Å². The van der Waals surface area contributed by atoms with Crippen LogP contribution in [0.25, 0.3) is 0 Å². The van der Waals surface area contributed by atoms with Crippen LogP contribution in [-0.4, -0.2) is 31.1 Å². The van der Waals surface area contributed by atoms with Gasteiger partial charge in [-0.2, -0.15) is 0 Å². The van der Waals surface area contributed by atoms with E-state index < -0.39 is 11.6 Å². The van der Waals surface area contributed by atoms with Gasteiger partial charge in [-0.25, -0.2) is 8.78 Å². The van der Waals surface area contributed by atoms with E-state index in [0.717, 1.165) is 31.1 Å². The Morgan fingerprint density at radius 2 is 1.86 bits per heavy atom. The van der Waals surface area contributed by atoms with Crippen molar-refractivity contribution in [1.82, 2.24) is 10.2 Å². The molecule has 0 spiro atoms. The molecule has 1 aromatic carbocycles. The van der Waals surface area contributed by atoms with Gasteiger partial charge in [0.05, 0.1) is 6.04 Å². The second kappa shape index (κ2) is 7.31. The lowest BCUT2D eigenvalue weighted by atomic mass is 10.0. The van der Waals surface area contributed by atoms with Crippen LogP contribution in [0.5, 0.6) is 0 Å². The van der Waals surface area contributed by atoms with Gasteiger partial charge >= 0.3 is 0 Å². The van der Waals surface area contributed by atoms with Crippen LogP contribution in [0.1, 0.15) is 16.5 Å². The molecule has 1 aliphatic rings. The van der Waals surface area contributed by atoms with Gasteiger partial charge in [0.2, 0.25) is 0 Å². The largest absolute Gasteiger partial charge is 0.314 e. The third-order valence-electron chi connectivity index (χ3n) is 3.61. The number of hydrogen-bond acceptors (Lipinski definition) is 3. The molecule has 0 saturated carbocycles. The summed E-state index contributed by atoms with van der Waals surface area (Å²) in [6, 6.07) is 8.17. The molecule has 2 nitrogen and oxygen atoms in total. The molecule has 21 heavy (non-hydrogen) atoms. The van der Waals surface area contributed by atoms with Gasteiger partial charge in [-0.1, -0.05) is 18.2 Å². The van der Waals surface area contributed by atoms with Gasteiger partial charge in [0.25, 0.3) is 0 Å². The molecule has 0 radical (unpaired) electrons. The minimum Gasteiger partial charge on any atom is -0.314 e. The lowest BCUT2D eigenvalue weighted by molar-refractivity contribution is 0.197. The molecular formula is C15H17ClF2N2S. The molecule has 1 atom stereocenters.